The minimum absolute atomic E-state index is 0.516. The number of benzene rings is 1. The van der Waals surface area contributed by atoms with Gasteiger partial charge in [-0.15, -0.1) is 0 Å². The summed E-state index contributed by atoms with van der Waals surface area (Å²) in [5.74, 6) is 0.744. The minimum Gasteiger partial charge on any atom is -0.330 e. The first-order chi connectivity index (χ1) is 13.5. The van der Waals surface area contributed by atoms with Gasteiger partial charge in [0.05, 0.1) is 28.6 Å². The lowest BCUT2D eigenvalue weighted by atomic mass is 10.0. The number of fused-ring (bicyclic) bond motifs is 1. The molecule has 0 unspecified atom stereocenters. The van der Waals surface area contributed by atoms with E-state index in [-0.39, 0.29) is 0 Å². The lowest BCUT2D eigenvalue weighted by Crippen LogP contribution is -2.30. The molecular weight excluding hydrogens is 348 g/mol. The fraction of sp³-hybridized carbons (Fsp3) is 0.227. The minimum atomic E-state index is -0.516. The molecular formula is C22H24N6. The van der Waals surface area contributed by atoms with Crippen LogP contribution in [0.4, 0.5) is 0 Å². The van der Waals surface area contributed by atoms with E-state index in [1.165, 1.54) is 0 Å². The Morgan fingerprint density at radius 1 is 1.00 bits per heavy atom. The summed E-state index contributed by atoms with van der Waals surface area (Å²) in [4.78, 5) is 9.45. The van der Waals surface area contributed by atoms with Gasteiger partial charge in [-0.2, -0.15) is 5.10 Å². The van der Waals surface area contributed by atoms with Crippen LogP contribution in [0, 0.1) is 0 Å². The Morgan fingerprint density at radius 3 is 2.61 bits per heavy atom. The molecule has 0 spiro atoms. The summed E-state index contributed by atoms with van der Waals surface area (Å²) in [6.45, 7) is 4.47. The summed E-state index contributed by atoms with van der Waals surface area (Å²) in [5, 5.41) is 5.59. The van der Waals surface area contributed by atoms with E-state index in [1.54, 1.807) is 0 Å². The fourth-order valence-corrected chi connectivity index (χ4v) is 3.19. The second-order valence-electron chi connectivity index (χ2n) is 7.49. The van der Waals surface area contributed by atoms with Crippen molar-refractivity contribution in [1.29, 1.82) is 0 Å². The van der Waals surface area contributed by atoms with Crippen LogP contribution in [0.15, 0.2) is 60.8 Å². The van der Waals surface area contributed by atoms with Gasteiger partial charge in [0, 0.05) is 23.1 Å². The van der Waals surface area contributed by atoms with Crippen molar-refractivity contribution < 1.29 is 0 Å². The summed E-state index contributed by atoms with van der Waals surface area (Å²) in [6, 6.07) is 18.1. The SMILES string of the molecule is CC(C)(N)c1cccc(-n2ncc3ccc(-c4cccc(CCN)n4)cc32)n1. The first-order valence-electron chi connectivity index (χ1n) is 9.37. The molecule has 0 amide bonds. The molecule has 0 aliphatic heterocycles. The van der Waals surface area contributed by atoms with Crippen LogP contribution in [0.3, 0.4) is 0 Å². The first kappa shape index (κ1) is 18.3. The van der Waals surface area contributed by atoms with Crippen LogP contribution in [-0.4, -0.2) is 26.3 Å². The molecule has 142 valence electrons. The largest absolute Gasteiger partial charge is 0.330 e. The predicted octanol–water partition coefficient (Wildman–Crippen LogP) is 3.18. The standard InChI is InChI=1S/C22H24N6/c1-22(2,24)20-7-4-8-21(27-20)28-19-13-15(9-10-16(19)14-25-28)18-6-3-5-17(26-18)11-12-23/h3-10,13-14H,11-12,23-24H2,1-2H3. The maximum atomic E-state index is 6.22. The van der Waals surface area contributed by atoms with Crippen molar-refractivity contribution >= 4 is 10.9 Å². The number of hydrogen-bond acceptors (Lipinski definition) is 5. The van der Waals surface area contributed by atoms with Crippen molar-refractivity contribution in [3.8, 4) is 17.1 Å². The van der Waals surface area contributed by atoms with E-state index < -0.39 is 5.54 Å². The van der Waals surface area contributed by atoms with Gasteiger partial charge >= 0.3 is 0 Å². The second kappa shape index (κ2) is 7.14. The quantitative estimate of drug-likeness (QED) is 0.561. The van der Waals surface area contributed by atoms with Crippen LogP contribution < -0.4 is 11.5 Å². The fourth-order valence-electron chi connectivity index (χ4n) is 3.19. The number of hydrogen-bond donors (Lipinski definition) is 2. The molecule has 28 heavy (non-hydrogen) atoms. The monoisotopic (exact) mass is 372 g/mol. The smallest absolute Gasteiger partial charge is 0.154 e. The van der Waals surface area contributed by atoms with E-state index in [0.29, 0.717) is 6.54 Å². The van der Waals surface area contributed by atoms with Crippen molar-refractivity contribution in [2.24, 2.45) is 11.5 Å². The number of nitrogens with two attached hydrogens (primary N) is 2. The number of aromatic nitrogens is 4. The molecule has 0 bridgehead atoms. The lowest BCUT2D eigenvalue weighted by molar-refractivity contribution is 0.533. The van der Waals surface area contributed by atoms with Crippen LogP contribution in [0.2, 0.25) is 0 Å². The zero-order valence-electron chi connectivity index (χ0n) is 16.1. The van der Waals surface area contributed by atoms with E-state index in [4.69, 9.17) is 21.4 Å². The van der Waals surface area contributed by atoms with Crippen molar-refractivity contribution in [2.75, 3.05) is 6.54 Å². The Kier molecular flexibility index (Phi) is 4.66. The van der Waals surface area contributed by atoms with E-state index in [1.807, 2.05) is 61.1 Å². The van der Waals surface area contributed by atoms with Gasteiger partial charge in [0.15, 0.2) is 5.82 Å². The van der Waals surface area contributed by atoms with Gasteiger partial charge in [-0.25, -0.2) is 9.67 Å². The third kappa shape index (κ3) is 3.52. The van der Waals surface area contributed by atoms with Gasteiger partial charge in [-0.05, 0) is 50.7 Å². The van der Waals surface area contributed by atoms with Gasteiger partial charge in [0.25, 0.3) is 0 Å². The van der Waals surface area contributed by atoms with E-state index in [0.717, 1.165) is 45.8 Å². The zero-order valence-corrected chi connectivity index (χ0v) is 16.1. The molecule has 0 aliphatic rings. The molecule has 3 aromatic heterocycles. The van der Waals surface area contributed by atoms with Crippen molar-refractivity contribution in [1.82, 2.24) is 19.7 Å². The van der Waals surface area contributed by atoms with Crippen LogP contribution in [0.25, 0.3) is 28.0 Å². The second-order valence-corrected chi connectivity index (χ2v) is 7.49. The Hall–Kier alpha value is -3.09. The summed E-state index contributed by atoms with van der Waals surface area (Å²) < 4.78 is 1.85. The van der Waals surface area contributed by atoms with Crippen molar-refractivity contribution in [3.63, 3.8) is 0 Å². The molecule has 4 rings (SSSR count). The van der Waals surface area contributed by atoms with Gasteiger partial charge in [-0.1, -0.05) is 24.3 Å². The average molecular weight is 372 g/mol. The highest BCUT2D eigenvalue weighted by atomic mass is 15.3. The van der Waals surface area contributed by atoms with Crippen LogP contribution in [-0.2, 0) is 12.0 Å². The summed E-state index contributed by atoms with van der Waals surface area (Å²) in [7, 11) is 0. The van der Waals surface area contributed by atoms with Crippen LogP contribution in [0.5, 0.6) is 0 Å². The number of pyridine rings is 2. The molecule has 4 aromatic rings. The molecule has 6 heteroatoms. The number of nitrogens with zero attached hydrogens (tertiary/aromatic N) is 4. The Morgan fingerprint density at radius 2 is 1.82 bits per heavy atom. The summed E-state index contributed by atoms with van der Waals surface area (Å²) in [6.07, 6.45) is 2.61. The molecule has 0 fully saturated rings. The topological polar surface area (TPSA) is 95.6 Å². The summed E-state index contributed by atoms with van der Waals surface area (Å²) >= 11 is 0. The number of rotatable bonds is 5. The molecule has 3 heterocycles. The third-order valence-electron chi connectivity index (χ3n) is 4.69. The van der Waals surface area contributed by atoms with E-state index in [9.17, 15) is 0 Å². The normalized spacial score (nSPS) is 11.9. The average Bonchev–Trinajstić information content (AvgIpc) is 3.11. The maximum Gasteiger partial charge on any atom is 0.154 e. The van der Waals surface area contributed by atoms with Crippen molar-refractivity contribution in [2.45, 2.75) is 25.8 Å². The lowest BCUT2D eigenvalue weighted by Gasteiger charge is -2.18. The molecule has 0 saturated heterocycles. The molecule has 1 aromatic carbocycles. The van der Waals surface area contributed by atoms with E-state index in [2.05, 4.69) is 23.3 Å². The highest BCUT2D eigenvalue weighted by Gasteiger charge is 2.17. The summed E-state index contributed by atoms with van der Waals surface area (Å²) in [5.41, 5.74) is 16.1. The molecule has 0 aliphatic carbocycles. The Balaban J connectivity index is 1.80. The Bertz CT molecular complexity index is 1120. The molecule has 4 N–H and O–H groups in total. The first-order valence-corrected chi connectivity index (χ1v) is 9.37. The van der Waals surface area contributed by atoms with Gasteiger partial charge in [-0.3, -0.25) is 4.98 Å². The zero-order chi connectivity index (χ0) is 19.7. The van der Waals surface area contributed by atoms with Crippen LogP contribution >= 0.6 is 0 Å². The van der Waals surface area contributed by atoms with Crippen LogP contribution in [0.1, 0.15) is 25.2 Å². The van der Waals surface area contributed by atoms with E-state index >= 15 is 0 Å². The molecule has 0 saturated carbocycles. The Labute approximate surface area is 164 Å². The molecule has 0 radical (unpaired) electrons. The van der Waals surface area contributed by atoms with Gasteiger partial charge < -0.3 is 11.5 Å². The predicted molar refractivity (Wildman–Crippen MR) is 112 cm³/mol. The third-order valence-corrected chi connectivity index (χ3v) is 4.69. The van der Waals surface area contributed by atoms with Gasteiger partial charge in [0.1, 0.15) is 0 Å². The van der Waals surface area contributed by atoms with Crippen molar-refractivity contribution in [3.05, 3.63) is 72.2 Å². The molecule has 6 nitrogen and oxygen atoms in total. The maximum absolute atomic E-state index is 6.22. The molecule has 0 atom stereocenters. The highest BCUT2D eigenvalue weighted by molar-refractivity contribution is 5.84. The highest BCUT2D eigenvalue weighted by Crippen LogP contribution is 2.25. The van der Waals surface area contributed by atoms with Gasteiger partial charge in [0.2, 0.25) is 0 Å².